The molecule has 1 aromatic rings. The van der Waals surface area contributed by atoms with Gasteiger partial charge in [-0.25, -0.2) is 4.98 Å². The highest BCUT2D eigenvalue weighted by Gasteiger charge is 2.68. The molecular formula is C15H22N2O2. The van der Waals surface area contributed by atoms with E-state index in [2.05, 4.69) is 38.0 Å². The first-order valence-corrected chi connectivity index (χ1v) is 6.57. The van der Waals surface area contributed by atoms with Gasteiger partial charge in [-0.1, -0.05) is 33.8 Å². The molecule has 0 radical (unpaired) electrons. The third kappa shape index (κ3) is 2.31. The molecule has 0 aromatic carbocycles. The van der Waals surface area contributed by atoms with Crippen LogP contribution in [-0.4, -0.2) is 18.0 Å². The Morgan fingerprint density at radius 1 is 1.32 bits per heavy atom. The van der Waals surface area contributed by atoms with Gasteiger partial charge in [0.15, 0.2) is 0 Å². The number of nitrogens with zero attached hydrogens (tertiary/aromatic N) is 1. The summed E-state index contributed by atoms with van der Waals surface area (Å²) in [5, 5.41) is 2.99. The number of rotatable bonds is 4. The molecule has 1 aromatic heterocycles. The van der Waals surface area contributed by atoms with Crippen molar-refractivity contribution in [3.8, 4) is 5.88 Å². The first-order valence-electron chi connectivity index (χ1n) is 6.57. The van der Waals surface area contributed by atoms with Crippen LogP contribution in [0.3, 0.4) is 0 Å². The molecule has 4 nitrogen and oxygen atoms in total. The van der Waals surface area contributed by atoms with Gasteiger partial charge in [0.2, 0.25) is 11.8 Å². The van der Waals surface area contributed by atoms with Gasteiger partial charge in [0.25, 0.3) is 0 Å². The summed E-state index contributed by atoms with van der Waals surface area (Å²) in [5.74, 6) is 0.802. The lowest BCUT2D eigenvalue weighted by Gasteiger charge is -2.07. The molecule has 0 atom stereocenters. The summed E-state index contributed by atoms with van der Waals surface area (Å²) >= 11 is 0. The zero-order chi connectivity index (χ0) is 14.3. The Morgan fingerprint density at radius 3 is 2.37 bits per heavy atom. The van der Waals surface area contributed by atoms with Crippen LogP contribution < -0.4 is 10.1 Å². The molecular weight excluding hydrogens is 240 g/mol. The third-order valence-corrected chi connectivity index (χ3v) is 4.76. The minimum atomic E-state index is 0.0786. The maximum Gasteiger partial charge on any atom is 0.224 e. The number of pyridine rings is 1. The second-order valence-electron chi connectivity index (χ2n) is 6.30. The quantitative estimate of drug-likeness (QED) is 0.906. The monoisotopic (exact) mass is 262 g/mol. The molecule has 1 heterocycles. The molecule has 0 aliphatic heterocycles. The van der Waals surface area contributed by atoms with E-state index in [-0.39, 0.29) is 22.7 Å². The van der Waals surface area contributed by atoms with Crippen molar-refractivity contribution in [2.24, 2.45) is 16.7 Å². The minimum absolute atomic E-state index is 0.0786. The molecule has 0 spiro atoms. The first kappa shape index (κ1) is 13.8. The standard InChI is InChI=1S/C15H22N2O2/c1-14(2)12(15(14,3)4)13(18)17-9-10-6-7-11(19-5)16-8-10/h6-8,12H,9H2,1-5H3,(H,17,18). The molecule has 0 bridgehead atoms. The van der Waals surface area contributed by atoms with Crippen molar-refractivity contribution in [3.05, 3.63) is 23.9 Å². The topological polar surface area (TPSA) is 51.2 Å². The van der Waals surface area contributed by atoms with E-state index in [9.17, 15) is 4.79 Å². The predicted molar refractivity (Wildman–Crippen MR) is 73.7 cm³/mol. The number of ether oxygens (including phenoxy) is 1. The van der Waals surface area contributed by atoms with Gasteiger partial charge in [-0.3, -0.25) is 4.79 Å². The second-order valence-corrected chi connectivity index (χ2v) is 6.30. The number of nitrogens with one attached hydrogen (secondary N) is 1. The number of hydrogen-bond donors (Lipinski definition) is 1. The molecule has 1 saturated carbocycles. The van der Waals surface area contributed by atoms with E-state index < -0.39 is 0 Å². The number of aromatic nitrogens is 1. The van der Waals surface area contributed by atoms with E-state index in [1.807, 2.05) is 6.07 Å². The highest BCUT2D eigenvalue weighted by Crippen LogP contribution is 2.68. The summed E-state index contributed by atoms with van der Waals surface area (Å²) in [4.78, 5) is 16.3. The SMILES string of the molecule is COc1ccc(CNC(=O)C2C(C)(C)C2(C)C)cn1. The van der Waals surface area contributed by atoms with Crippen LogP contribution in [0.25, 0.3) is 0 Å². The largest absolute Gasteiger partial charge is 0.481 e. The van der Waals surface area contributed by atoms with Gasteiger partial charge in [0.05, 0.1) is 7.11 Å². The fraction of sp³-hybridized carbons (Fsp3) is 0.600. The Morgan fingerprint density at radius 2 is 1.95 bits per heavy atom. The Labute approximate surface area is 114 Å². The average molecular weight is 262 g/mol. The molecule has 0 unspecified atom stereocenters. The fourth-order valence-electron chi connectivity index (χ4n) is 2.78. The molecule has 1 aliphatic carbocycles. The van der Waals surface area contributed by atoms with Gasteiger partial charge >= 0.3 is 0 Å². The van der Waals surface area contributed by atoms with Crippen molar-refractivity contribution < 1.29 is 9.53 Å². The van der Waals surface area contributed by atoms with Crippen LogP contribution in [0.5, 0.6) is 5.88 Å². The Hall–Kier alpha value is -1.58. The zero-order valence-electron chi connectivity index (χ0n) is 12.3. The highest BCUT2D eigenvalue weighted by molar-refractivity contribution is 5.84. The lowest BCUT2D eigenvalue weighted by molar-refractivity contribution is -0.123. The average Bonchev–Trinajstić information content (AvgIpc) is 2.77. The van der Waals surface area contributed by atoms with E-state index in [0.717, 1.165) is 5.56 Å². The third-order valence-electron chi connectivity index (χ3n) is 4.76. The molecule has 104 valence electrons. The maximum absolute atomic E-state index is 12.2. The van der Waals surface area contributed by atoms with Crippen LogP contribution in [0, 0.1) is 16.7 Å². The van der Waals surface area contributed by atoms with Gasteiger partial charge in [-0.05, 0) is 16.4 Å². The molecule has 1 N–H and O–H groups in total. The van der Waals surface area contributed by atoms with Crippen LogP contribution in [0.1, 0.15) is 33.3 Å². The summed E-state index contributed by atoms with van der Waals surface area (Å²) in [6.45, 7) is 9.09. The van der Waals surface area contributed by atoms with Gasteiger partial charge in [0.1, 0.15) is 0 Å². The minimum Gasteiger partial charge on any atom is -0.481 e. The van der Waals surface area contributed by atoms with Crippen molar-refractivity contribution in [2.45, 2.75) is 34.2 Å². The van der Waals surface area contributed by atoms with Crippen molar-refractivity contribution in [3.63, 3.8) is 0 Å². The normalized spacial score (nSPS) is 19.8. The lowest BCUT2D eigenvalue weighted by atomic mass is 10.0. The highest BCUT2D eigenvalue weighted by atomic mass is 16.5. The smallest absolute Gasteiger partial charge is 0.224 e. The van der Waals surface area contributed by atoms with Crippen LogP contribution in [0.2, 0.25) is 0 Å². The summed E-state index contributed by atoms with van der Waals surface area (Å²) in [7, 11) is 1.58. The Balaban J connectivity index is 1.91. The van der Waals surface area contributed by atoms with Gasteiger partial charge in [-0.15, -0.1) is 0 Å². The molecule has 1 fully saturated rings. The van der Waals surface area contributed by atoms with Crippen LogP contribution >= 0.6 is 0 Å². The van der Waals surface area contributed by atoms with Crippen LogP contribution in [0.15, 0.2) is 18.3 Å². The van der Waals surface area contributed by atoms with Gasteiger partial charge in [-0.2, -0.15) is 0 Å². The lowest BCUT2D eigenvalue weighted by Crippen LogP contribution is -2.26. The van der Waals surface area contributed by atoms with Gasteiger partial charge < -0.3 is 10.1 Å². The van der Waals surface area contributed by atoms with E-state index in [1.165, 1.54) is 0 Å². The van der Waals surface area contributed by atoms with E-state index in [1.54, 1.807) is 19.4 Å². The second kappa shape index (κ2) is 4.51. The number of hydrogen-bond acceptors (Lipinski definition) is 3. The molecule has 4 heteroatoms. The first-order chi connectivity index (χ1) is 8.80. The van der Waals surface area contributed by atoms with Crippen molar-refractivity contribution in [1.29, 1.82) is 0 Å². The summed E-state index contributed by atoms with van der Waals surface area (Å²) in [6, 6.07) is 3.71. The number of amides is 1. The zero-order valence-corrected chi connectivity index (χ0v) is 12.3. The Bertz CT molecular complexity index is 463. The van der Waals surface area contributed by atoms with Crippen LogP contribution in [0.4, 0.5) is 0 Å². The maximum atomic E-state index is 12.2. The van der Waals surface area contributed by atoms with Crippen molar-refractivity contribution >= 4 is 5.91 Å². The van der Waals surface area contributed by atoms with E-state index in [4.69, 9.17) is 4.74 Å². The van der Waals surface area contributed by atoms with Gasteiger partial charge in [0, 0.05) is 24.7 Å². The molecule has 0 saturated heterocycles. The fourth-order valence-corrected chi connectivity index (χ4v) is 2.78. The molecule has 1 aliphatic rings. The Kier molecular flexibility index (Phi) is 3.29. The van der Waals surface area contributed by atoms with Crippen molar-refractivity contribution in [2.75, 3.05) is 7.11 Å². The van der Waals surface area contributed by atoms with E-state index >= 15 is 0 Å². The molecule has 2 rings (SSSR count). The molecule has 1 amide bonds. The number of carbonyl (C=O) groups is 1. The summed E-state index contributed by atoms with van der Waals surface area (Å²) in [5.41, 5.74) is 1.13. The summed E-state index contributed by atoms with van der Waals surface area (Å²) in [6.07, 6.45) is 1.72. The summed E-state index contributed by atoms with van der Waals surface area (Å²) < 4.78 is 5.00. The van der Waals surface area contributed by atoms with Crippen molar-refractivity contribution in [1.82, 2.24) is 10.3 Å². The number of methoxy groups -OCH3 is 1. The predicted octanol–water partition coefficient (Wildman–Crippen LogP) is 2.39. The molecule has 19 heavy (non-hydrogen) atoms. The van der Waals surface area contributed by atoms with E-state index in [0.29, 0.717) is 12.4 Å². The van der Waals surface area contributed by atoms with Crippen LogP contribution in [-0.2, 0) is 11.3 Å². The number of carbonyl (C=O) groups excluding carboxylic acids is 1.